The predicted molar refractivity (Wildman–Crippen MR) is 54.6 cm³/mol. The van der Waals surface area contributed by atoms with Gasteiger partial charge in [0, 0.05) is 19.5 Å². The number of nitrogens with zero attached hydrogens (tertiary/aromatic N) is 1. The lowest BCUT2D eigenvalue weighted by Gasteiger charge is -2.09. The highest BCUT2D eigenvalue weighted by molar-refractivity contribution is 5.76. The topological polar surface area (TPSA) is 78.9 Å². The van der Waals surface area contributed by atoms with Crippen LogP contribution in [-0.2, 0) is 14.3 Å². The van der Waals surface area contributed by atoms with E-state index in [2.05, 4.69) is 5.32 Å². The van der Waals surface area contributed by atoms with E-state index >= 15 is 0 Å². The lowest BCUT2D eigenvalue weighted by molar-refractivity contribution is -0.142. The van der Waals surface area contributed by atoms with E-state index in [1.165, 1.54) is 0 Å². The standard InChI is InChI=1S/C9H18N2O4/c1-11(2)5-3-8(12)10-4-6-15-7-9(13)14/h3-7H2,1-2H3,(H,10,12)(H,13,14). The second-order valence-corrected chi connectivity index (χ2v) is 3.35. The van der Waals surface area contributed by atoms with E-state index in [1.54, 1.807) is 0 Å². The lowest BCUT2D eigenvalue weighted by atomic mass is 10.4. The molecule has 0 saturated heterocycles. The fourth-order valence-corrected chi connectivity index (χ4v) is 0.836. The number of carboxylic acid groups (broad SMARTS) is 1. The molecule has 6 heteroatoms. The van der Waals surface area contributed by atoms with E-state index < -0.39 is 5.97 Å². The molecule has 2 N–H and O–H groups in total. The Morgan fingerprint density at radius 1 is 1.40 bits per heavy atom. The number of hydrogen-bond acceptors (Lipinski definition) is 4. The monoisotopic (exact) mass is 218 g/mol. The molecular weight excluding hydrogens is 200 g/mol. The zero-order valence-electron chi connectivity index (χ0n) is 9.15. The summed E-state index contributed by atoms with van der Waals surface area (Å²) in [5.74, 6) is -1.06. The van der Waals surface area contributed by atoms with Gasteiger partial charge in [-0.1, -0.05) is 0 Å². The Morgan fingerprint density at radius 2 is 2.07 bits per heavy atom. The van der Waals surface area contributed by atoms with E-state index in [4.69, 9.17) is 9.84 Å². The SMILES string of the molecule is CN(C)CCC(=O)NCCOCC(=O)O. The number of hydrogen-bond donors (Lipinski definition) is 2. The first kappa shape index (κ1) is 13.9. The summed E-state index contributed by atoms with van der Waals surface area (Å²) in [5, 5.41) is 10.9. The normalized spacial score (nSPS) is 10.3. The Bertz CT molecular complexity index is 206. The van der Waals surface area contributed by atoms with Gasteiger partial charge in [0.1, 0.15) is 6.61 Å². The lowest BCUT2D eigenvalue weighted by Crippen LogP contribution is -2.30. The van der Waals surface area contributed by atoms with Crippen molar-refractivity contribution in [3.63, 3.8) is 0 Å². The van der Waals surface area contributed by atoms with Crippen molar-refractivity contribution in [2.45, 2.75) is 6.42 Å². The van der Waals surface area contributed by atoms with Crippen LogP contribution in [0.4, 0.5) is 0 Å². The van der Waals surface area contributed by atoms with E-state index in [-0.39, 0.29) is 19.1 Å². The summed E-state index contributed by atoms with van der Waals surface area (Å²) >= 11 is 0. The molecule has 0 saturated carbocycles. The van der Waals surface area contributed by atoms with Gasteiger partial charge in [0.25, 0.3) is 0 Å². The molecule has 0 spiro atoms. The van der Waals surface area contributed by atoms with Crippen LogP contribution in [-0.4, -0.2) is 62.3 Å². The maximum atomic E-state index is 11.1. The molecule has 0 heterocycles. The minimum Gasteiger partial charge on any atom is -0.480 e. The molecule has 0 aliphatic heterocycles. The minimum absolute atomic E-state index is 0.0531. The molecule has 0 fully saturated rings. The third-order valence-electron chi connectivity index (χ3n) is 1.58. The first-order valence-electron chi connectivity index (χ1n) is 4.73. The van der Waals surface area contributed by atoms with Crippen LogP contribution < -0.4 is 5.32 Å². The van der Waals surface area contributed by atoms with Crippen LogP contribution in [0.1, 0.15) is 6.42 Å². The number of nitrogens with one attached hydrogen (secondary N) is 1. The molecule has 0 aliphatic carbocycles. The number of carbonyl (C=O) groups is 2. The summed E-state index contributed by atoms with van der Waals surface area (Å²) in [6, 6.07) is 0. The number of rotatable bonds is 8. The number of amides is 1. The molecular formula is C9H18N2O4. The van der Waals surface area contributed by atoms with Gasteiger partial charge < -0.3 is 20.1 Å². The van der Waals surface area contributed by atoms with Crippen molar-refractivity contribution in [2.75, 3.05) is 40.4 Å². The Balaban J connectivity index is 3.28. The fraction of sp³-hybridized carbons (Fsp3) is 0.778. The smallest absolute Gasteiger partial charge is 0.329 e. The Kier molecular flexibility index (Phi) is 7.57. The van der Waals surface area contributed by atoms with E-state index in [0.717, 1.165) is 0 Å². The van der Waals surface area contributed by atoms with Gasteiger partial charge in [0.15, 0.2) is 0 Å². The Labute approximate surface area is 89.2 Å². The average molecular weight is 218 g/mol. The average Bonchev–Trinajstić information content (AvgIpc) is 2.13. The van der Waals surface area contributed by atoms with Gasteiger partial charge in [0.05, 0.1) is 6.61 Å². The summed E-state index contributed by atoms with van der Waals surface area (Å²) in [4.78, 5) is 23.1. The van der Waals surface area contributed by atoms with Gasteiger partial charge in [-0.15, -0.1) is 0 Å². The molecule has 0 aromatic heterocycles. The van der Waals surface area contributed by atoms with Gasteiger partial charge in [-0.25, -0.2) is 4.79 Å². The summed E-state index contributed by atoms with van der Waals surface area (Å²) < 4.78 is 4.75. The van der Waals surface area contributed by atoms with Crippen molar-refractivity contribution < 1.29 is 19.4 Å². The number of carboxylic acids is 1. The van der Waals surface area contributed by atoms with Crippen LogP contribution >= 0.6 is 0 Å². The van der Waals surface area contributed by atoms with Crippen LogP contribution in [0.5, 0.6) is 0 Å². The molecule has 0 aromatic rings. The van der Waals surface area contributed by atoms with Gasteiger partial charge in [-0.05, 0) is 14.1 Å². The predicted octanol–water partition coefficient (Wildman–Crippen LogP) is -0.844. The molecule has 6 nitrogen and oxygen atoms in total. The van der Waals surface area contributed by atoms with Crippen molar-refractivity contribution in [1.82, 2.24) is 10.2 Å². The van der Waals surface area contributed by atoms with E-state index in [0.29, 0.717) is 19.5 Å². The maximum Gasteiger partial charge on any atom is 0.329 e. The highest BCUT2D eigenvalue weighted by atomic mass is 16.5. The van der Waals surface area contributed by atoms with E-state index in [9.17, 15) is 9.59 Å². The van der Waals surface area contributed by atoms with Gasteiger partial charge >= 0.3 is 5.97 Å². The second-order valence-electron chi connectivity index (χ2n) is 3.35. The van der Waals surface area contributed by atoms with Crippen LogP contribution in [0.3, 0.4) is 0 Å². The molecule has 0 atom stereocenters. The zero-order valence-corrected chi connectivity index (χ0v) is 9.15. The van der Waals surface area contributed by atoms with E-state index in [1.807, 2.05) is 19.0 Å². The molecule has 1 amide bonds. The summed E-state index contributed by atoms with van der Waals surface area (Å²) in [6.45, 7) is 0.939. The van der Waals surface area contributed by atoms with Crippen molar-refractivity contribution in [3.05, 3.63) is 0 Å². The fourth-order valence-electron chi connectivity index (χ4n) is 0.836. The number of ether oxygens (including phenoxy) is 1. The zero-order chi connectivity index (χ0) is 11.7. The highest BCUT2D eigenvalue weighted by Crippen LogP contribution is 1.83. The maximum absolute atomic E-state index is 11.1. The molecule has 0 bridgehead atoms. The Hall–Kier alpha value is -1.14. The van der Waals surface area contributed by atoms with Crippen molar-refractivity contribution in [3.8, 4) is 0 Å². The van der Waals surface area contributed by atoms with Crippen LogP contribution in [0.2, 0.25) is 0 Å². The first-order valence-corrected chi connectivity index (χ1v) is 4.73. The van der Waals surface area contributed by atoms with Gasteiger partial charge in [-0.3, -0.25) is 4.79 Å². The van der Waals surface area contributed by atoms with Gasteiger partial charge in [-0.2, -0.15) is 0 Å². The molecule has 15 heavy (non-hydrogen) atoms. The van der Waals surface area contributed by atoms with Crippen LogP contribution in [0, 0.1) is 0 Å². The van der Waals surface area contributed by atoms with Crippen molar-refractivity contribution >= 4 is 11.9 Å². The largest absolute Gasteiger partial charge is 0.480 e. The molecule has 0 radical (unpaired) electrons. The molecule has 0 rings (SSSR count). The Morgan fingerprint density at radius 3 is 2.60 bits per heavy atom. The third-order valence-corrected chi connectivity index (χ3v) is 1.58. The quantitative estimate of drug-likeness (QED) is 0.519. The number of aliphatic carboxylic acids is 1. The highest BCUT2D eigenvalue weighted by Gasteiger charge is 2.01. The second kappa shape index (κ2) is 8.19. The first-order chi connectivity index (χ1) is 7.02. The van der Waals surface area contributed by atoms with Crippen molar-refractivity contribution in [2.24, 2.45) is 0 Å². The van der Waals surface area contributed by atoms with Crippen LogP contribution in [0.25, 0.3) is 0 Å². The summed E-state index contributed by atoms with van der Waals surface area (Å²) in [7, 11) is 3.78. The van der Waals surface area contributed by atoms with Crippen LogP contribution in [0.15, 0.2) is 0 Å². The third kappa shape index (κ3) is 10.8. The molecule has 0 unspecified atom stereocenters. The summed E-state index contributed by atoms with van der Waals surface area (Å²) in [6.07, 6.45) is 0.436. The van der Waals surface area contributed by atoms with Crippen molar-refractivity contribution in [1.29, 1.82) is 0 Å². The molecule has 0 aromatic carbocycles. The number of carbonyl (C=O) groups excluding carboxylic acids is 1. The molecule has 88 valence electrons. The minimum atomic E-state index is -1.01. The summed E-state index contributed by atoms with van der Waals surface area (Å²) in [5.41, 5.74) is 0. The van der Waals surface area contributed by atoms with Gasteiger partial charge in [0.2, 0.25) is 5.91 Å². The molecule has 0 aliphatic rings.